The van der Waals surface area contributed by atoms with Crippen molar-refractivity contribution in [3.05, 3.63) is 65.1 Å². The van der Waals surface area contributed by atoms with E-state index in [0.29, 0.717) is 11.5 Å². The Labute approximate surface area is 158 Å². The van der Waals surface area contributed by atoms with Gasteiger partial charge in [-0.15, -0.1) is 0 Å². The lowest BCUT2D eigenvalue weighted by atomic mass is 9.86. The van der Waals surface area contributed by atoms with Gasteiger partial charge in [0, 0.05) is 17.5 Å². The van der Waals surface area contributed by atoms with Crippen molar-refractivity contribution >= 4 is 27.9 Å². The van der Waals surface area contributed by atoms with Gasteiger partial charge in [-0.25, -0.2) is 4.57 Å². The molecule has 0 aliphatic rings. The Morgan fingerprint density at radius 3 is 2.52 bits per heavy atom. The SMILES string of the molecule is [C-]#[N+]c1ccc2c(n1)oc1c(-c3cc(C(C)(C)C)cc[n+]3C)c(C)ccc12. The van der Waals surface area contributed by atoms with Crippen LogP contribution in [0, 0.1) is 13.5 Å². The predicted octanol–water partition coefficient (Wildman–Crippen LogP) is 5.63. The molecule has 0 amide bonds. The molecule has 27 heavy (non-hydrogen) atoms. The van der Waals surface area contributed by atoms with Crippen LogP contribution in [0.3, 0.4) is 0 Å². The highest BCUT2D eigenvalue weighted by atomic mass is 16.3. The van der Waals surface area contributed by atoms with Crippen molar-refractivity contribution < 1.29 is 8.98 Å². The monoisotopic (exact) mass is 356 g/mol. The molecule has 0 saturated carbocycles. The van der Waals surface area contributed by atoms with Crippen LogP contribution in [-0.4, -0.2) is 4.98 Å². The van der Waals surface area contributed by atoms with Gasteiger partial charge in [-0.3, -0.25) is 0 Å². The van der Waals surface area contributed by atoms with Gasteiger partial charge in [0.25, 0.3) is 5.82 Å². The molecule has 0 radical (unpaired) electrons. The smallest absolute Gasteiger partial charge is 0.322 e. The van der Waals surface area contributed by atoms with Crippen LogP contribution in [0.2, 0.25) is 0 Å². The first-order chi connectivity index (χ1) is 12.8. The molecule has 0 saturated heterocycles. The number of aromatic nitrogens is 2. The highest BCUT2D eigenvalue weighted by molar-refractivity contribution is 6.09. The van der Waals surface area contributed by atoms with Crippen LogP contribution >= 0.6 is 0 Å². The average molecular weight is 356 g/mol. The van der Waals surface area contributed by atoms with Gasteiger partial charge in [0.05, 0.1) is 10.9 Å². The summed E-state index contributed by atoms with van der Waals surface area (Å²) in [5, 5.41) is 1.96. The zero-order chi connectivity index (χ0) is 19.3. The molecule has 4 aromatic rings. The molecule has 0 fully saturated rings. The standard InChI is InChI=1S/C23H22N3O/c1-14-7-8-16-17-9-10-19(24-5)25-22(17)27-21(16)20(14)18-13-15(23(2,3)4)11-12-26(18)6/h7-13H,1-4,6H3/q+1. The van der Waals surface area contributed by atoms with Crippen molar-refractivity contribution in [3.63, 3.8) is 0 Å². The van der Waals surface area contributed by atoms with Crippen LogP contribution in [-0.2, 0) is 12.5 Å². The summed E-state index contributed by atoms with van der Waals surface area (Å²) in [6, 6.07) is 12.3. The molecule has 4 nitrogen and oxygen atoms in total. The first-order valence-corrected chi connectivity index (χ1v) is 9.00. The number of rotatable bonds is 1. The van der Waals surface area contributed by atoms with Gasteiger partial charge >= 0.3 is 5.71 Å². The zero-order valence-electron chi connectivity index (χ0n) is 16.3. The number of hydrogen-bond acceptors (Lipinski definition) is 2. The van der Waals surface area contributed by atoms with E-state index in [-0.39, 0.29) is 5.41 Å². The van der Waals surface area contributed by atoms with E-state index in [9.17, 15) is 0 Å². The fourth-order valence-corrected chi connectivity index (χ4v) is 3.47. The molecule has 4 rings (SSSR count). The molecule has 0 bridgehead atoms. The van der Waals surface area contributed by atoms with E-state index in [0.717, 1.165) is 33.2 Å². The van der Waals surface area contributed by atoms with E-state index < -0.39 is 0 Å². The lowest BCUT2D eigenvalue weighted by Gasteiger charge is -2.19. The molecular formula is C23H22N3O+. The van der Waals surface area contributed by atoms with Crippen molar-refractivity contribution in [2.24, 2.45) is 7.05 Å². The highest BCUT2D eigenvalue weighted by Crippen LogP contribution is 2.37. The lowest BCUT2D eigenvalue weighted by molar-refractivity contribution is -0.660. The van der Waals surface area contributed by atoms with E-state index in [2.05, 4.69) is 79.6 Å². The minimum Gasteiger partial charge on any atom is -0.419 e. The molecule has 0 aliphatic carbocycles. The molecule has 3 aromatic heterocycles. The number of fused-ring (bicyclic) bond motifs is 3. The number of aryl methyl sites for hydroxylation is 2. The lowest BCUT2D eigenvalue weighted by Crippen LogP contribution is -2.32. The van der Waals surface area contributed by atoms with Crippen molar-refractivity contribution in [1.82, 2.24) is 4.98 Å². The Morgan fingerprint density at radius 1 is 1.07 bits per heavy atom. The number of pyridine rings is 2. The number of furan rings is 1. The summed E-state index contributed by atoms with van der Waals surface area (Å²) < 4.78 is 8.30. The Balaban J connectivity index is 2.08. The van der Waals surface area contributed by atoms with Crippen molar-refractivity contribution in [3.8, 4) is 11.3 Å². The highest BCUT2D eigenvalue weighted by Gasteiger charge is 2.24. The maximum Gasteiger partial charge on any atom is 0.322 e. The molecule has 0 unspecified atom stereocenters. The van der Waals surface area contributed by atoms with Crippen molar-refractivity contribution in [1.29, 1.82) is 0 Å². The zero-order valence-corrected chi connectivity index (χ0v) is 16.3. The van der Waals surface area contributed by atoms with Crippen LogP contribution < -0.4 is 4.57 Å². The summed E-state index contributed by atoms with van der Waals surface area (Å²) >= 11 is 0. The predicted molar refractivity (Wildman–Crippen MR) is 108 cm³/mol. The minimum atomic E-state index is 0.0603. The maximum absolute atomic E-state index is 7.19. The number of nitrogens with zero attached hydrogens (tertiary/aromatic N) is 3. The van der Waals surface area contributed by atoms with Gasteiger partial charge in [0.2, 0.25) is 5.69 Å². The van der Waals surface area contributed by atoms with E-state index in [4.69, 9.17) is 11.0 Å². The summed E-state index contributed by atoms with van der Waals surface area (Å²) in [6.07, 6.45) is 2.10. The summed E-state index contributed by atoms with van der Waals surface area (Å²) in [7, 11) is 2.05. The molecule has 1 aromatic carbocycles. The van der Waals surface area contributed by atoms with E-state index in [1.54, 1.807) is 6.07 Å². The fourth-order valence-electron chi connectivity index (χ4n) is 3.47. The molecule has 0 aliphatic heterocycles. The quantitative estimate of drug-likeness (QED) is 0.327. The maximum atomic E-state index is 7.19. The van der Waals surface area contributed by atoms with E-state index >= 15 is 0 Å². The first-order valence-electron chi connectivity index (χ1n) is 9.00. The molecule has 0 atom stereocenters. The summed E-state index contributed by atoms with van der Waals surface area (Å²) in [6.45, 7) is 15.9. The van der Waals surface area contributed by atoms with Crippen molar-refractivity contribution in [2.45, 2.75) is 33.1 Å². The van der Waals surface area contributed by atoms with Crippen LogP contribution in [0.4, 0.5) is 5.82 Å². The molecule has 4 heteroatoms. The van der Waals surface area contributed by atoms with Gasteiger partial charge in [0.15, 0.2) is 11.8 Å². The Morgan fingerprint density at radius 2 is 1.81 bits per heavy atom. The normalized spacial score (nSPS) is 11.9. The minimum absolute atomic E-state index is 0.0603. The topological polar surface area (TPSA) is 34.3 Å². The van der Waals surface area contributed by atoms with Crippen LogP contribution in [0.25, 0.3) is 38.2 Å². The first kappa shape index (κ1) is 17.2. The van der Waals surface area contributed by atoms with Crippen LogP contribution in [0.1, 0.15) is 31.9 Å². The molecule has 134 valence electrons. The Kier molecular flexibility index (Phi) is 3.78. The molecule has 0 N–H and O–H groups in total. The molecular weight excluding hydrogens is 334 g/mol. The van der Waals surface area contributed by atoms with Crippen LogP contribution in [0.5, 0.6) is 0 Å². The van der Waals surface area contributed by atoms with E-state index in [1.807, 2.05) is 6.07 Å². The largest absolute Gasteiger partial charge is 0.419 e. The van der Waals surface area contributed by atoms with Gasteiger partial charge in [0.1, 0.15) is 7.05 Å². The van der Waals surface area contributed by atoms with E-state index in [1.165, 1.54) is 5.56 Å². The second kappa shape index (κ2) is 5.92. The molecule has 3 heterocycles. The summed E-state index contributed by atoms with van der Waals surface area (Å²) in [5.41, 5.74) is 6.00. The summed E-state index contributed by atoms with van der Waals surface area (Å²) in [4.78, 5) is 7.76. The van der Waals surface area contributed by atoms with Crippen molar-refractivity contribution in [2.75, 3.05) is 0 Å². The third-order valence-corrected chi connectivity index (χ3v) is 5.09. The Bertz CT molecular complexity index is 1240. The second-order valence-electron chi connectivity index (χ2n) is 8.03. The number of benzene rings is 1. The average Bonchev–Trinajstić information content (AvgIpc) is 2.99. The Hall–Kier alpha value is -3.19. The van der Waals surface area contributed by atoms with Gasteiger partial charge in [-0.05, 0) is 29.5 Å². The molecule has 0 spiro atoms. The van der Waals surface area contributed by atoms with Crippen LogP contribution in [0.15, 0.2) is 47.0 Å². The van der Waals surface area contributed by atoms with Gasteiger partial charge in [-0.2, -0.15) is 0 Å². The third kappa shape index (κ3) is 2.76. The number of hydrogen-bond donors (Lipinski definition) is 0. The second-order valence-corrected chi connectivity index (χ2v) is 8.03. The van der Waals surface area contributed by atoms with Gasteiger partial charge < -0.3 is 9.26 Å². The van der Waals surface area contributed by atoms with Gasteiger partial charge in [-0.1, -0.05) is 50.5 Å². The third-order valence-electron chi connectivity index (χ3n) is 5.09. The fraction of sp³-hybridized carbons (Fsp3) is 0.261. The summed E-state index contributed by atoms with van der Waals surface area (Å²) in [5.74, 6) is 0.347.